The fraction of sp³-hybridized carbons (Fsp3) is 0.269. The fourth-order valence-corrected chi connectivity index (χ4v) is 5.24. The molecule has 7 nitrogen and oxygen atoms in total. The van der Waals surface area contributed by atoms with Crippen LogP contribution in [0.5, 0.6) is 0 Å². The van der Waals surface area contributed by atoms with Crippen molar-refractivity contribution in [3.05, 3.63) is 102 Å². The number of hydroxylamine groups is 1. The Hall–Kier alpha value is -3.04. The normalized spacial score (nSPS) is 15.1. The van der Waals surface area contributed by atoms with E-state index >= 15 is 0 Å². The largest absolute Gasteiger partial charge is 0.336 e. The molecule has 0 bridgehead atoms. The number of carbonyl (C=O) groups is 1. The summed E-state index contributed by atoms with van der Waals surface area (Å²) in [5.41, 5.74) is 2.92. The van der Waals surface area contributed by atoms with E-state index in [0.29, 0.717) is 18.7 Å². The molecule has 0 N–H and O–H groups in total. The van der Waals surface area contributed by atoms with Crippen LogP contribution in [0.25, 0.3) is 0 Å². The van der Waals surface area contributed by atoms with Crippen LogP contribution in [0.4, 0.5) is 0 Å². The summed E-state index contributed by atoms with van der Waals surface area (Å²) in [6, 6.07) is 27.0. The Bertz CT molecular complexity index is 1150. The van der Waals surface area contributed by atoms with E-state index in [1.54, 1.807) is 12.1 Å². The van der Waals surface area contributed by atoms with E-state index in [9.17, 15) is 13.2 Å². The topological polar surface area (TPSA) is 70.2 Å². The molecule has 1 heterocycles. The van der Waals surface area contributed by atoms with E-state index in [4.69, 9.17) is 4.84 Å². The molecule has 1 fully saturated rings. The first kappa shape index (κ1) is 24.1. The van der Waals surface area contributed by atoms with Crippen LogP contribution in [0.15, 0.2) is 89.8 Å². The quantitative estimate of drug-likeness (QED) is 0.486. The molecular formula is C26H29N3O4S. The Morgan fingerprint density at radius 2 is 1.32 bits per heavy atom. The van der Waals surface area contributed by atoms with Crippen molar-refractivity contribution in [3.63, 3.8) is 0 Å². The highest BCUT2D eigenvalue weighted by molar-refractivity contribution is 7.89. The molecule has 1 amide bonds. The number of sulfonamides is 1. The van der Waals surface area contributed by atoms with Crippen LogP contribution in [-0.2, 0) is 14.9 Å². The predicted octanol–water partition coefficient (Wildman–Crippen LogP) is 3.42. The van der Waals surface area contributed by atoms with Gasteiger partial charge in [-0.25, -0.2) is 8.42 Å². The summed E-state index contributed by atoms with van der Waals surface area (Å²) in [5, 5.41) is 0. The van der Waals surface area contributed by atoms with Gasteiger partial charge in [-0.15, -0.1) is 0 Å². The van der Waals surface area contributed by atoms with Crippen LogP contribution < -0.4 is 0 Å². The van der Waals surface area contributed by atoms with Gasteiger partial charge in [-0.1, -0.05) is 65.1 Å². The number of nitrogens with zero attached hydrogens (tertiary/aromatic N) is 3. The first-order valence-corrected chi connectivity index (χ1v) is 12.6. The van der Waals surface area contributed by atoms with Gasteiger partial charge in [-0.05, 0) is 35.4 Å². The second kappa shape index (κ2) is 10.5. The van der Waals surface area contributed by atoms with E-state index in [1.807, 2.05) is 17.0 Å². The van der Waals surface area contributed by atoms with Crippen molar-refractivity contribution in [2.75, 3.05) is 40.3 Å². The third-order valence-electron chi connectivity index (χ3n) is 6.19. The SMILES string of the molecule is CON(C)S(=O)(=O)c1ccc(C(=O)N2CCN(C(c3ccccc3)c3ccccc3)CC2)cc1. The van der Waals surface area contributed by atoms with Crippen molar-refractivity contribution in [2.45, 2.75) is 10.9 Å². The van der Waals surface area contributed by atoms with Gasteiger partial charge in [0.1, 0.15) is 0 Å². The summed E-state index contributed by atoms with van der Waals surface area (Å²) in [7, 11) is -1.13. The highest BCUT2D eigenvalue weighted by Crippen LogP contribution is 2.29. The summed E-state index contributed by atoms with van der Waals surface area (Å²) in [6.07, 6.45) is 0. The first-order valence-electron chi connectivity index (χ1n) is 11.2. The molecule has 178 valence electrons. The molecule has 0 spiro atoms. The molecule has 34 heavy (non-hydrogen) atoms. The molecule has 1 saturated heterocycles. The molecule has 3 aromatic carbocycles. The van der Waals surface area contributed by atoms with Crippen molar-refractivity contribution in [3.8, 4) is 0 Å². The molecule has 1 aliphatic rings. The number of rotatable bonds is 7. The fourth-order valence-electron chi connectivity index (χ4n) is 4.27. The molecule has 0 saturated carbocycles. The number of amides is 1. The van der Waals surface area contributed by atoms with Gasteiger partial charge in [0.05, 0.1) is 18.0 Å². The minimum absolute atomic E-state index is 0.0757. The zero-order chi connectivity index (χ0) is 24.1. The maximum Gasteiger partial charge on any atom is 0.264 e. The predicted molar refractivity (Wildman–Crippen MR) is 131 cm³/mol. The van der Waals surface area contributed by atoms with Gasteiger partial charge in [-0.3, -0.25) is 14.5 Å². The first-order chi connectivity index (χ1) is 16.4. The molecule has 0 atom stereocenters. The van der Waals surface area contributed by atoms with Crippen LogP contribution in [0.1, 0.15) is 27.5 Å². The number of hydrogen-bond acceptors (Lipinski definition) is 5. The lowest BCUT2D eigenvalue weighted by molar-refractivity contribution is -0.0258. The van der Waals surface area contributed by atoms with Gasteiger partial charge in [0.15, 0.2) is 0 Å². The average Bonchev–Trinajstić information content (AvgIpc) is 2.89. The lowest BCUT2D eigenvalue weighted by Gasteiger charge is -2.39. The second-order valence-corrected chi connectivity index (χ2v) is 10.1. The maximum atomic E-state index is 13.1. The van der Waals surface area contributed by atoms with Crippen molar-refractivity contribution < 1.29 is 18.0 Å². The summed E-state index contributed by atoms with van der Waals surface area (Å²) < 4.78 is 25.6. The zero-order valence-electron chi connectivity index (χ0n) is 19.4. The molecule has 0 aromatic heterocycles. The van der Waals surface area contributed by atoms with Crippen LogP contribution in [0, 0.1) is 0 Å². The van der Waals surface area contributed by atoms with E-state index in [1.165, 1.54) is 37.4 Å². The number of carbonyl (C=O) groups excluding carboxylic acids is 1. The molecule has 8 heteroatoms. The van der Waals surface area contributed by atoms with E-state index in [0.717, 1.165) is 17.6 Å². The monoisotopic (exact) mass is 479 g/mol. The third kappa shape index (κ3) is 5.05. The average molecular weight is 480 g/mol. The van der Waals surface area contributed by atoms with Gasteiger partial charge in [-0.2, -0.15) is 0 Å². The minimum atomic E-state index is -3.75. The highest BCUT2D eigenvalue weighted by atomic mass is 32.2. The van der Waals surface area contributed by atoms with Crippen molar-refractivity contribution >= 4 is 15.9 Å². The summed E-state index contributed by atoms with van der Waals surface area (Å²) >= 11 is 0. The highest BCUT2D eigenvalue weighted by Gasteiger charge is 2.29. The van der Waals surface area contributed by atoms with Crippen molar-refractivity contribution in [1.82, 2.24) is 14.3 Å². The van der Waals surface area contributed by atoms with Crippen LogP contribution in [-0.4, -0.2) is 68.9 Å². The van der Waals surface area contributed by atoms with Crippen LogP contribution >= 0.6 is 0 Å². The number of benzene rings is 3. The number of hydrogen-bond donors (Lipinski definition) is 0. The lowest BCUT2D eigenvalue weighted by Crippen LogP contribution is -2.49. The Labute approximate surface area is 201 Å². The Kier molecular flexibility index (Phi) is 7.43. The molecular weight excluding hydrogens is 450 g/mol. The van der Waals surface area contributed by atoms with Crippen molar-refractivity contribution in [2.24, 2.45) is 0 Å². The van der Waals surface area contributed by atoms with Crippen molar-refractivity contribution in [1.29, 1.82) is 0 Å². The smallest absolute Gasteiger partial charge is 0.264 e. The van der Waals surface area contributed by atoms with Gasteiger partial charge >= 0.3 is 0 Å². The Morgan fingerprint density at radius 3 is 1.79 bits per heavy atom. The molecule has 4 rings (SSSR count). The van der Waals surface area contributed by atoms with E-state index < -0.39 is 10.0 Å². The van der Waals surface area contributed by atoms with Gasteiger partial charge in [0.25, 0.3) is 15.9 Å². The van der Waals surface area contributed by atoms with Gasteiger partial charge < -0.3 is 4.90 Å². The number of piperazine rings is 1. The summed E-state index contributed by atoms with van der Waals surface area (Å²) in [5.74, 6) is -0.0975. The standard InChI is InChI=1S/C26H29N3O4S/c1-27(33-2)34(31,32)24-15-13-23(14-16-24)26(30)29-19-17-28(18-20-29)25(21-9-5-3-6-10-21)22-11-7-4-8-12-22/h3-16,25H,17-20H2,1-2H3. The molecule has 1 aliphatic heterocycles. The van der Waals surface area contributed by atoms with Crippen LogP contribution in [0.2, 0.25) is 0 Å². The maximum absolute atomic E-state index is 13.1. The molecule has 3 aromatic rings. The van der Waals surface area contributed by atoms with E-state index in [2.05, 4.69) is 53.4 Å². The summed E-state index contributed by atoms with van der Waals surface area (Å²) in [4.78, 5) is 22.2. The van der Waals surface area contributed by atoms with E-state index in [-0.39, 0.29) is 16.8 Å². The minimum Gasteiger partial charge on any atom is -0.336 e. The Morgan fingerprint density at radius 1 is 0.824 bits per heavy atom. The molecule has 0 radical (unpaired) electrons. The Balaban J connectivity index is 1.46. The third-order valence-corrected chi connectivity index (χ3v) is 7.89. The van der Waals surface area contributed by atoms with Gasteiger partial charge in [0, 0.05) is 38.8 Å². The second-order valence-electron chi connectivity index (χ2n) is 8.17. The molecule has 0 aliphatic carbocycles. The van der Waals surface area contributed by atoms with Gasteiger partial charge in [0.2, 0.25) is 0 Å². The molecule has 0 unspecified atom stereocenters. The lowest BCUT2D eigenvalue weighted by atomic mass is 9.96. The zero-order valence-corrected chi connectivity index (χ0v) is 20.2. The summed E-state index contributed by atoms with van der Waals surface area (Å²) in [6.45, 7) is 2.68. The van der Waals surface area contributed by atoms with Crippen LogP contribution in [0.3, 0.4) is 0 Å².